The van der Waals surface area contributed by atoms with Gasteiger partial charge in [-0.2, -0.15) is 0 Å². The molecule has 0 aliphatic heterocycles. The Hall–Kier alpha value is -3.00. The lowest BCUT2D eigenvalue weighted by atomic mass is 10.2. The van der Waals surface area contributed by atoms with Gasteiger partial charge < -0.3 is 10.6 Å². The van der Waals surface area contributed by atoms with Crippen molar-refractivity contribution in [3.63, 3.8) is 0 Å². The van der Waals surface area contributed by atoms with Gasteiger partial charge in [-0.15, -0.1) is 0 Å². The lowest BCUT2D eigenvalue weighted by molar-refractivity contribution is -0.383. The highest BCUT2D eigenvalue weighted by atomic mass is 79.9. The Morgan fingerprint density at radius 2 is 1.80 bits per heavy atom. The lowest BCUT2D eigenvalue weighted by Gasteiger charge is -2.10. The fraction of sp³-hybridized carbons (Fsp3) is 0.0588. The monoisotopic (exact) mass is 399 g/mol. The van der Waals surface area contributed by atoms with Crippen LogP contribution in [0, 0.1) is 10.1 Å². The Kier molecular flexibility index (Phi) is 5.20. The number of nitrogens with one attached hydrogen (secondary N) is 2. The maximum atomic E-state index is 11.5. The third-order valence-electron chi connectivity index (χ3n) is 3.39. The van der Waals surface area contributed by atoms with E-state index in [4.69, 9.17) is 0 Å². The van der Waals surface area contributed by atoms with Crippen LogP contribution >= 0.6 is 15.9 Å². The molecule has 0 atom stereocenters. The number of nitrogens with zero attached hydrogens (tertiary/aromatic N) is 3. The number of anilines is 3. The van der Waals surface area contributed by atoms with Crippen LogP contribution in [0.25, 0.3) is 0 Å². The summed E-state index contributed by atoms with van der Waals surface area (Å²) >= 11 is 3.37. The van der Waals surface area contributed by atoms with E-state index in [1.165, 1.54) is 6.33 Å². The maximum absolute atomic E-state index is 11.5. The van der Waals surface area contributed by atoms with E-state index in [0.29, 0.717) is 12.2 Å². The van der Waals surface area contributed by atoms with E-state index in [9.17, 15) is 10.1 Å². The van der Waals surface area contributed by atoms with Crippen molar-refractivity contribution in [1.29, 1.82) is 0 Å². The Morgan fingerprint density at radius 1 is 1.04 bits per heavy atom. The summed E-state index contributed by atoms with van der Waals surface area (Å²) in [6.07, 6.45) is 1.29. The molecule has 7 nitrogen and oxygen atoms in total. The van der Waals surface area contributed by atoms with Crippen LogP contribution in [0.5, 0.6) is 0 Å². The highest BCUT2D eigenvalue weighted by Gasteiger charge is 2.23. The molecule has 0 fully saturated rings. The first-order valence-electron chi connectivity index (χ1n) is 7.43. The molecule has 8 heteroatoms. The van der Waals surface area contributed by atoms with Crippen molar-refractivity contribution in [1.82, 2.24) is 9.97 Å². The van der Waals surface area contributed by atoms with Crippen molar-refractivity contribution < 1.29 is 4.92 Å². The smallest absolute Gasteiger partial charge is 0.353 e. The molecular weight excluding hydrogens is 386 g/mol. The average Bonchev–Trinajstić information content (AvgIpc) is 2.61. The maximum Gasteiger partial charge on any atom is 0.353 e. The van der Waals surface area contributed by atoms with Crippen LogP contribution in [0.15, 0.2) is 65.4 Å². The molecule has 1 aromatic heterocycles. The van der Waals surface area contributed by atoms with E-state index in [1.54, 1.807) is 6.07 Å². The van der Waals surface area contributed by atoms with Gasteiger partial charge in [0, 0.05) is 16.7 Å². The van der Waals surface area contributed by atoms with E-state index in [0.717, 1.165) is 10.0 Å². The van der Waals surface area contributed by atoms with E-state index in [-0.39, 0.29) is 17.3 Å². The van der Waals surface area contributed by atoms with Crippen LogP contribution in [-0.4, -0.2) is 14.9 Å². The normalized spacial score (nSPS) is 10.3. The number of hydrogen-bond acceptors (Lipinski definition) is 6. The van der Waals surface area contributed by atoms with Crippen molar-refractivity contribution in [2.75, 3.05) is 10.6 Å². The van der Waals surface area contributed by atoms with Gasteiger partial charge in [0.2, 0.25) is 11.6 Å². The van der Waals surface area contributed by atoms with E-state index in [1.807, 2.05) is 48.5 Å². The van der Waals surface area contributed by atoms with Crippen molar-refractivity contribution >= 4 is 38.9 Å². The van der Waals surface area contributed by atoms with Crippen LogP contribution in [0.4, 0.5) is 23.0 Å². The predicted molar refractivity (Wildman–Crippen MR) is 99.9 cm³/mol. The Balaban J connectivity index is 1.87. The minimum absolute atomic E-state index is 0.133. The molecule has 0 spiro atoms. The van der Waals surface area contributed by atoms with Crippen LogP contribution in [0.1, 0.15) is 5.56 Å². The molecule has 0 saturated heterocycles. The Bertz CT molecular complexity index is 889. The predicted octanol–water partition coefficient (Wildman–Crippen LogP) is 4.50. The summed E-state index contributed by atoms with van der Waals surface area (Å²) < 4.78 is 0.858. The zero-order valence-electron chi connectivity index (χ0n) is 13.0. The first kappa shape index (κ1) is 16.8. The quantitative estimate of drug-likeness (QED) is 0.468. The van der Waals surface area contributed by atoms with Crippen molar-refractivity contribution in [2.24, 2.45) is 0 Å². The standard InChI is InChI=1S/C17H14BrN5O2/c18-13-7-4-8-14(9-13)22-17-15(23(24)25)16(20-11-21-17)19-10-12-5-2-1-3-6-12/h1-9,11H,10H2,(H2,19,20,21,22). The lowest BCUT2D eigenvalue weighted by Crippen LogP contribution is -2.08. The van der Waals surface area contributed by atoms with E-state index >= 15 is 0 Å². The second-order valence-electron chi connectivity index (χ2n) is 5.15. The van der Waals surface area contributed by atoms with Gasteiger partial charge >= 0.3 is 5.69 Å². The van der Waals surface area contributed by atoms with Gasteiger partial charge in [-0.05, 0) is 23.8 Å². The number of hydrogen-bond donors (Lipinski definition) is 2. The summed E-state index contributed by atoms with van der Waals surface area (Å²) in [6, 6.07) is 16.9. The molecule has 0 amide bonds. The van der Waals surface area contributed by atoms with Crippen molar-refractivity contribution in [2.45, 2.75) is 6.54 Å². The Labute approximate surface area is 152 Å². The van der Waals surface area contributed by atoms with Gasteiger partial charge in [0.05, 0.1) is 4.92 Å². The van der Waals surface area contributed by atoms with Gasteiger partial charge in [-0.3, -0.25) is 10.1 Å². The molecular formula is C17H14BrN5O2. The summed E-state index contributed by atoms with van der Waals surface area (Å²) in [5, 5.41) is 17.5. The van der Waals surface area contributed by atoms with Gasteiger partial charge in [-0.25, -0.2) is 9.97 Å². The SMILES string of the molecule is O=[N+]([O-])c1c(NCc2ccccc2)ncnc1Nc1cccc(Br)c1. The second kappa shape index (κ2) is 7.71. The number of halogens is 1. The fourth-order valence-corrected chi connectivity index (χ4v) is 2.66. The number of rotatable bonds is 6. The first-order chi connectivity index (χ1) is 12.1. The van der Waals surface area contributed by atoms with Gasteiger partial charge in [0.1, 0.15) is 6.33 Å². The number of benzene rings is 2. The molecule has 0 aliphatic carbocycles. The largest absolute Gasteiger partial charge is 0.360 e. The van der Waals surface area contributed by atoms with Gasteiger partial charge in [0.25, 0.3) is 0 Å². The van der Waals surface area contributed by atoms with Gasteiger partial charge in [0.15, 0.2) is 0 Å². The molecule has 0 unspecified atom stereocenters. The summed E-state index contributed by atoms with van der Waals surface area (Å²) in [5.74, 6) is 0.301. The molecule has 2 N–H and O–H groups in total. The highest BCUT2D eigenvalue weighted by Crippen LogP contribution is 2.31. The van der Waals surface area contributed by atoms with Crippen molar-refractivity contribution in [3.05, 3.63) is 81.1 Å². The minimum atomic E-state index is -0.492. The second-order valence-corrected chi connectivity index (χ2v) is 6.07. The number of nitro groups is 1. The molecule has 3 aromatic rings. The van der Waals surface area contributed by atoms with Crippen LogP contribution < -0.4 is 10.6 Å². The van der Waals surface area contributed by atoms with E-state index in [2.05, 4.69) is 36.5 Å². The zero-order valence-corrected chi connectivity index (χ0v) is 14.6. The fourth-order valence-electron chi connectivity index (χ4n) is 2.26. The molecule has 1 heterocycles. The first-order valence-corrected chi connectivity index (χ1v) is 8.22. The Morgan fingerprint density at radius 3 is 2.52 bits per heavy atom. The molecule has 0 saturated carbocycles. The molecule has 126 valence electrons. The average molecular weight is 400 g/mol. The zero-order chi connectivity index (χ0) is 17.6. The number of aromatic nitrogens is 2. The molecule has 3 rings (SSSR count). The summed E-state index contributed by atoms with van der Waals surface area (Å²) in [5.41, 5.74) is 1.49. The third kappa shape index (κ3) is 4.30. The molecule has 0 radical (unpaired) electrons. The summed E-state index contributed by atoms with van der Waals surface area (Å²) in [7, 11) is 0. The van der Waals surface area contributed by atoms with Crippen LogP contribution in [0.2, 0.25) is 0 Å². The molecule has 25 heavy (non-hydrogen) atoms. The van der Waals surface area contributed by atoms with E-state index < -0.39 is 4.92 Å². The molecule has 2 aromatic carbocycles. The molecule has 0 aliphatic rings. The summed E-state index contributed by atoms with van der Waals surface area (Å²) in [6.45, 7) is 0.426. The minimum Gasteiger partial charge on any atom is -0.360 e. The van der Waals surface area contributed by atoms with Crippen LogP contribution in [-0.2, 0) is 6.54 Å². The van der Waals surface area contributed by atoms with Crippen LogP contribution in [0.3, 0.4) is 0 Å². The van der Waals surface area contributed by atoms with Gasteiger partial charge in [-0.1, -0.05) is 52.3 Å². The highest BCUT2D eigenvalue weighted by molar-refractivity contribution is 9.10. The third-order valence-corrected chi connectivity index (χ3v) is 3.89. The molecule has 0 bridgehead atoms. The topological polar surface area (TPSA) is 93.0 Å². The van der Waals surface area contributed by atoms with Crippen molar-refractivity contribution in [3.8, 4) is 0 Å². The summed E-state index contributed by atoms with van der Waals surface area (Å²) in [4.78, 5) is 19.1.